The Kier molecular flexibility index (Phi) is 4.96. The van der Waals surface area contributed by atoms with Gasteiger partial charge < -0.3 is 10.1 Å². The van der Waals surface area contributed by atoms with Crippen LogP contribution in [-0.2, 0) is 23.1 Å². The molecule has 0 aromatic carbocycles. The number of rotatable bonds is 5. The molecule has 0 aliphatic carbocycles. The lowest BCUT2D eigenvalue weighted by Gasteiger charge is -2.32. The molecule has 2 aromatic heterocycles. The van der Waals surface area contributed by atoms with Crippen LogP contribution in [0.5, 0.6) is 0 Å². The quantitative estimate of drug-likeness (QED) is 0.866. The van der Waals surface area contributed by atoms with Gasteiger partial charge in [-0.15, -0.1) is 0 Å². The minimum absolute atomic E-state index is 0.0337. The molecule has 2 aromatic rings. The second-order valence-corrected chi connectivity index (χ2v) is 6.31. The molecule has 8 nitrogen and oxygen atoms in total. The number of nitrogens with one attached hydrogen (secondary N) is 1. The zero-order chi connectivity index (χ0) is 17.1. The van der Waals surface area contributed by atoms with Gasteiger partial charge in [-0.2, -0.15) is 10.2 Å². The Morgan fingerprint density at radius 1 is 1.46 bits per heavy atom. The van der Waals surface area contributed by atoms with E-state index in [1.54, 1.807) is 4.68 Å². The smallest absolute Gasteiger partial charge is 0.239 e. The van der Waals surface area contributed by atoms with Crippen LogP contribution in [0.2, 0.25) is 0 Å². The lowest BCUT2D eigenvalue weighted by atomic mass is 10.2. The first kappa shape index (κ1) is 16.7. The predicted molar refractivity (Wildman–Crippen MR) is 89.7 cm³/mol. The molecule has 8 heteroatoms. The van der Waals surface area contributed by atoms with E-state index in [1.807, 2.05) is 44.0 Å². The first-order valence-electron chi connectivity index (χ1n) is 8.13. The monoisotopic (exact) mass is 332 g/mol. The van der Waals surface area contributed by atoms with E-state index in [4.69, 9.17) is 4.74 Å². The number of carbonyl (C=O) groups is 1. The molecule has 24 heavy (non-hydrogen) atoms. The zero-order valence-corrected chi connectivity index (χ0v) is 14.4. The lowest BCUT2D eigenvalue weighted by molar-refractivity contribution is -0.119. The summed E-state index contributed by atoms with van der Waals surface area (Å²) < 4.78 is 9.36. The van der Waals surface area contributed by atoms with Gasteiger partial charge in [0, 0.05) is 32.4 Å². The van der Waals surface area contributed by atoms with Crippen LogP contribution in [0.1, 0.15) is 11.3 Å². The molecule has 3 rings (SSSR count). The molecule has 1 N–H and O–H groups in total. The van der Waals surface area contributed by atoms with Gasteiger partial charge in [-0.1, -0.05) is 0 Å². The van der Waals surface area contributed by atoms with E-state index in [9.17, 15) is 4.79 Å². The molecule has 0 spiro atoms. The highest BCUT2D eigenvalue weighted by Crippen LogP contribution is 2.10. The zero-order valence-electron chi connectivity index (χ0n) is 14.4. The average Bonchev–Trinajstić information content (AvgIpc) is 3.05. The number of aromatic nitrogens is 4. The first-order valence-corrected chi connectivity index (χ1v) is 8.13. The van der Waals surface area contributed by atoms with Gasteiger partial charge in [-0.3, -0.25) is 19.1 Å². The Balaban J connectivity index is 1.51. The van der Waals surface area contributed by atoms with Gasteiger partial charge in [-0.05, 0) is 19.4 Å². The van der Waals surface area contributed by atoms with Crippen LogP contribution in [-0.4, -0.2) is 62.7 Å². The third kappa shape index (κ3) is 4.21. The number of anilines is 1. The molecule has 1 fully saturated rings. The second-order valence-electron chi connectivity index (χ2n) is 6.31. The normalized spacial score (nSPS) is 18.7. The summed E-state index contributed by atoms with van der Waals surface area (Å²) in [7, 11) is 1.82. The summed E-state index contributed by atoms with van der Waals surface area (Å²) in [4.78, 5) is 14.4. The molecule has 1 aliphatic heterocycles. The molecular weight excluding hydrogens is 308 g/mol. The fourth-order valence-electron chi connectivity index (χ4n) is 2.92. The SMILES string of the molecule is Cc1cnn(CC2CN(CC(=O)Nc3cc(C)nn3C)CCO2)c1. The van der Waals surface area contributed by atoms with Crippen LogP contribution in [0.4, 0.5) is 5.82 Å². The van der Waals surface area contributed by atoms with Crippen molar-refractivity contribution in [2.24, 2.45) is 7.05 Å². The molecule has 1 unspecified atom stereocenters. The second kappa shape index (κ2) is 7.14. The average molecular weight is 332 g/mol. The standard InChI is InChI=1S/C16H24N6O2/c1-12-7-17-22(8-12)10-14-9-21(4-5-24-14)11-16(23)18-15-6-13(2)19-20(15)3/h6-8,14H,4-5,9-11H2,1-3H3,(H,18,23). The minimum atomic E-state index is -0.0337. The molecule has 0 bridgehead atoms. The van der Waals surface area contributed by atoms with Crippen molar-refractivity contribution in [2.75, 3.05) is 31.6 Å². The summed E-state index contributed by atoms with van der Waals surface area (Å²) in [5, 5.41) is 11.4. The van der Waals surface area contributed by atoms with Crippen LogP contribution in [0, 0.1) is 13.8 Å². The molecule has 1 aliphatic rings. The summed E-state index contributed by atoms with van der Waals surface area (Å²) in [6.45, 7) is 7.07. The molecule has 0 radical (unpaired) electrons. The Bertz CT molecular complexity index is 707. The van der Waals surface area contributed by atoms with Crippen LogP contribution in [0.25, 0.3) is 0 Å². The van der Waals surface area contributed by atoms with Gasteiger partial charge in [-0.25, -0.2) is 0 Å². The number of aryl methyl sites for hydroxylation is 3. The Hall–Kier alpha value is -2.19. The van der Waals surface area contributed by atoms with Gasteiger partial charge in [0.1, 0.15) is 5.82 Å². The molecule has 1 saturated heterocycles. The Morgan fingerprint density at radius 2 is 2.29 bits per heavy atom. The van der Waals surface area contributed by atoms with Crippen LogP contribution >= 0.6 is 0 Å². The predicted octanol–water partition coefficient (Wildman–Crippen LogP) is 0.573. The number of hydrogen-bond acceptors (Lipinski definition) is 5. The highest BCUT2D eigenvalue weighted by molar-refractivity contribution is 5.91. The summed E-state index contributed by atoms with van der Waals surface area (Å²) in [5.74, 6) is 0.683. The van der Waals surface area contributed by atoms with Gasteiger partial charge in [0.15, 0.2) is 0 Å². The van der Waals surface area contributed by atoms with E-state index in [2.05, 4.69) is 20.4 Å². The van der Waals surface area contributed by atoms with Crippen molar-refractivity contribution < 1.29 is 9.53 Å². The molecule has 3 heterocycles. The lowest BCUT2D eigenvalue weighted by Crippen LogP contribution is -2.47. The molecule has 1 atom stereocenters. The molecule has 130 valence electrons. The maximum Gasteiger partial charge on any atom is 0.239 e. The van der Waals surface area contributed by atoms with Gasteiger partial charge in [0.25, 0.3) is 0 Å². The maximum absolute atomic E-state index is 12.3. The number of nitrogens with zero attached hydrogens (tertiary/aromatic N) is 5. The van der Waals surface area contributed by atoms with Crippen LogP contribution in [0.15, 0.2) is 18.5 Å². The van der Waals surface area contributed by atoms with Crippen molar-refractivity contribution in [1.29, 1.82) is 0 Å². The van der Waals surface area contributed by atoms with Gasteiger partial charge in [0.2, 0.25) is 5.91 Å². The third-order valence-corrected chi connectivity index (χ3v) is 4.01. The van der Waals surface area contributed by atoms with E-state index in [0.717, 1.165) is 24.3 Å². The van der Waals surface area contributed by atoms with Gasteiger partial charge >= 0.3 is 0 Å². The number of ether oxygens (including phenoxy) is 1. The molecule has 0 saturated carbocycles. The van der Waals surface area contributed by atoms with E-state index in [-0.39, 0.29) is 12.0 Å². The van der Waals surface area contributed by atoms with Crippen molar-refractivity contribution in [2.45, 2.75) is 26.5 Å². The number of morpholine rings is 1. The van der Waals surface area contributed by atoms with Crippen molar-refractivity contribution in [3.8, 4) is 0 Å². The highest BCUT2D eigenvalue weighted by Gasteiger charge is 2.23. The van der Waals surface area contributed by atoms with Crippen LogP contribution in [0.3, 0.4) is 0 Å². The number of carbonyl (C=O) groups excluding carboxylic acids is 1. The Morgan fingerprint density at radius 3 is 2.96 bits per heavy atom. The van der Waals surface area contributed by atoms with Crippen molar-refractivity contribution >= 4 is 11.7 Å². The first-order chi connectivity index (χ1) is 11.5. The van der Waals surface area contributed by atoms with Crippen LogP contribution < -0.4 is 5.32 Å². The van der Waals surface area contributed by atoms with E-state index >= 15 is 0 Å². The molecular formula is C16H24N6O2. The molecule has 1 amide bonds. The summed E-state index contributed by atoms with van der Waals surface area (Å²) >= 11 is 0. The van der Waals surface area contributed by atoms with E-state index in [1.165, 1.54) is 0 Å². The van der Waals surface area contributed by atoms with Crippen molar-refractivity contribution in [1.82, 2.24) is 24.5 Å². The largest absolute Gasteiger partial charge is 0.374 e. The summed E-state index contributed by atoms with van der Waals surface area (Å²) in [6.07, 6.45) is 3.88. The number of hydrogen-bond donors (Lipinski definition) is 1. The van der Waals surface area contributed by atoms with Crippen molar-refractivity contribution in [3.63, 3.8) is 0 Å². The van der Waals surface area contributed by atoms with Gasteiger partial charge in [0.05, 0.1) is 37.7 Å². The maximum atomic E-state index is 12.3. The van der Waals surface area contributed by atoms with E-state index < -0.39 is 0 Å². The fourth-order valence-corrected chi connectivity index (χ4v) is 2.92. The topological polar surface area (TPSA) is 77.2 Å². The fraction of sp³-hybridized carbons (Fsp3) is 0.562. The summed E-state index contributed by atoms with van der Waals surface area (Å²) in [5.41, 5.74) is 2.02. The Labute approximate surface area is 141 Å². The highest BCUT2D eigenvalue weighted by atomic mass is 16.5. The summed E-state index contributed by atoms with van der Waals surface area (Å²) in [6, 6.07) is 1.86. The number of amides is 1. The minimum Gasteiger partial charge on any atom is -0.374 e. The van der Waals surface area contributed by atoms with E-state index in [0.29, 0.717) is 25.5 Å². The van der Waals surface area contributed by atoms with Crippen molar-refractivity contribution in [3.05, 3.63) is 29.7 Å². The third-order valence-electron chi connectivity index (χ3n) is 4.01.